The average Bonchev–Trinajstić information content (AvgIpc) is 3.23. The van der Waals surface area contributed by atoms with E-state index in [0.29, 0.717) is 11.8 Å². The molecule has 4 rings (SSSR count). The second kappa shape index (κ2) is 8.11. The van der Waals surface area contributed by atoms with E-state index in [0.717, 1.165) is 29.7 Å². The van der Waals surface area contributed by atoms with Crippen molar-refractivity contribution in [1.82, 2.24) is 19.9 Å². The minimum atomic E-state index is 0.624. The maximum Gasteiger partial charge on any atom is 0.214 e. The molecule has 4 aromatic heterocycles. The quantitative estimate of drug-likeness (QED) is 0.459. The lowest BCUT2D eigenvalue weighted by molar-refractivity contribution is 0.399. The summed E-state index contributed by atoms with van der Waals surface area (Å²) in [6, 6.07) is 7.43. The van der Waals surface area contributed by atoms with Gasteiger partial charge in [0.25, 0.3) is 0 Å². The normalized spacial score (nSPS) is 10.5. The van der Waals surface area contributed by atoms with E-state index < -0.39 is 0 Å². The number of hydrogen-bond donors (Lipinski definition) is 0. The lowest BCUT2D eigenvalue weighted by Gasteiger charge is -2.04. The van der Waals surface area contributed by atoms with E-state index in [1.54, 1.807) is 31.6 Å². The maximum absolute atomic E-state index is 5.05. The second-order valence-electron chi connectivity index (χ2n) is 5.21. The fraction of sp³-hybridized carbons (Fsp3) is 0.250. The molecule has 0 radical (unpaired) electrons. The van der Waals surface area contributed by atoms with Crippen LogP contribution in [-0.4, -0.2) is 48.3 Å². The highest BCUT2D eigenvalue weighted by Crippen LogP contribution is 2.27. The van der Waals surface area contributed by atoms with E-state index in [2.05, 4.69) is 35.9 Å². The van der Waals surface area contributed by atoms with Gasteiger partial charge in [0.15, 0.2) is 9.05 Å². The molecular weight excluding hydrogens is 438 g/mol. The zero-order valence-corrected chi connectivity index (χ0v) is 17.8. The van der Waals surface area contributed by atoms with Crippen LogP contribution >= 0.6 is 38.6 Å². The first-order valence-corrected chi connectivity index (χ1v) is 9.88. The fourth-order valence-electron chi connectivity index (χ4n) is 1.98. The molecule has 0 spiro atoms. The van der Waals surface area contributed by atoms with Crippen LogP contribution in [0.5, 0.6) is 11.8 Å². The van der Waals surface area contributed by atoms with Crippen molar-refractivity contribution in [1.29, 1.82) is 0 Å². The molecule has 4 heterocycles. The van der Waals surface area contributed by atoms with E-state index in [4.69, 9.17) is 9.47 Å². The van der Waals surface area contributed by atoms with Crippen LogP contribution in [0, 0.1) is 0 Å². The number of rotatable bonds is 3. The Morgan fingerprint density at radius 3 is 1.88 bits per heavy atom. The van der Waals surface area contributed by atoms with Gasteiger partial charge in [0.2, 0.25) is 11.8 Å². The van der Waals surface area contributed by atoms with E-state index in [9.17, 15) is 0 Å². The molecule has 0 aromatic carbocycles. The van der Waals surface area contributed by atoms with E-state index in [-0.39, 0.29) is 0 Å². The molecule has 0 atom stereocenters. The molecule has 0 aliphatic heterocycles. The Labute approximate surface area is 166 Å². The maximum atomic E-state index is 5.05. The van der Waals surface area contributed by atoms with Crippen LogP contribution in [0.2, 0.25) is 0 Å². The van der Waals surface area contributed by atoms with Crippen LogP contribution < -0.4 is 14.4 Å². The van der Waals surface area contributed by atoms with E-state index in [1.807, 2.05) is 37.2 Å². The summed E-state index contributed by atoms with van der Waals surface area (Å²) in [5.41, 5.74) is 1.81. The number of ether oxygens (including phenoxy) is 2. The Kier molecular flexibility index (Phi) is 5.84. The van der Waals surface area contributed by atoms with Gasteiger partial charge in [-0.05, 0) is 28.1 Å². The second-order valence-corrected chi connectivity index (χ2v) is 8.42. The lowest BCUT2D eigenvalue weighted by Crippen LogP contribution is -2.07. The fourth-order valence-corrected chi connectivity index (χ4v) is 4.14. The molecule has 10 heteroatoms. The molecular formula is C16H16BrN5O2S2. The third kappa shape index (κ3) is 4.19. The highest BCUT2D eigenvalue weighted by atomic mass is 79.9. The van der Waals surface area contributed by atoms with Crippen molar-refractivity contribution in [2.75, 3.05) is 33.2 Å². The number of methoxy groups -OCH3 is 2. The van der Waals surface area contributed by atoms with Gasteiger partial charge in [-0.15, -0.1) is 0 Å². The van der Waals surface area contributed by atoms with Crippen LogP contribution in [0.1, 0.15) is 0 Å². The van der Waals surface area contributed by atoms with E-state index in [1.165, 1.54) is 11.3 Å². The summed E-state index contributed by atoms with van der Waals surface area (Å²) in [6.45, 7) is 0. The molecule has 26 heavy (non-hydrogen) atoms. The Morgan fingerprint density at radius 1 is 0.808 bits per heavy atom. The van der Waals surface area contributed by atoms with Gasteiger partial charge in [-0.1, -0.05) is 22.7 Å². The molecule has 7 nitrogen and oxygen atoms in total. The number of hydrogen-bond acceptors (Lipinski definition) is 9. The number of nitrogens with zero attached hydrogens (tertiary/aromatic N) is 5. The topological polar surface area (TPSA) is 73.3 Å². The number of fused-ring (bicyclic) bond motifs is 2. The molecule has 0 aliphatic carbocycles. The van der Waals surface area contributed by atoms with Gasteiger partial charge >= 0.3 is 0 Å². The molecule has 4 aromatic rings. The van der Waals surface area contributed by atoms with Crippen molar-refractivity contribution in [3.63, 3.8) is 0 Å². The highest BCUT2D eigenvalue weighted by molar-refractivity contribution is 9.11. The van der Waals surface area contributed by atoms with Gasteiger partial charge in [0.1, 0.15) is 20.7 Å². The minimum Gasteiger partial charge on any atom is -0.481 e. The number of aromatic nitrogens is 4. The summed E-state index contributed by atoms with van der Waals surface area (Å²) in [5, 5.41) is 0.959. The average molecular weight is 454 g/mol. The molecule has 0 aliphatic rings. The molecule has 0 fully saturated rings. The molecule has 0 bridgehead atoms. The Balaban J connectivity index is 0.000000152. The van der Waals surface area contributed by atoms with Crippen molar-refractivity contribution in [3.05, 3.63) is 28.2 Å². The predicted molar refractivity (Wildman–Crippen MR) is 110 cm³/mol. The van der Waals surface area contributed by atoms with Gasteiger partial charge in [-0.25, -0.2) is 19.9 Å². The molecule has 136 valence electrons. The highest BCUT2D eigenvalue weighted by Gasteiger charge is 2.07. The van der Waals surface area contributed by atoms with Gasteiger partial charge in [-0.3, -0.25) is 0 Å². The first-order valence-electron chi connectivity index (χ1n) is 7.46. The van der Waals surface area contributed by atoms with Gasteiger partial charge < -0.3 is 14.4 Å². The standard InChI is InChI=1S/C9H11N3OS.C7H5BrN2OS/c1-12(2)9-10-6-4-5-7(13-3)11-8(6)14-9;1-11-5-3-2-4-6(10-5)12-7(8)9-4/h4-5H,1-3H3;2-3H,1H3. The first-order chi connectivity index (χ1) is 12.5. The number of halogens is 1. The van der Waals surface area contributed by atoms with Gasteiger partial charge in [0.05, 0.1) is 14.2 Å². The lowest BCUT2D eigenvalue weighted by atomic mass is 10.4. The largest absolute Gasteiger partial charge is 0.481 e. The summed E-state index contributed by atoms with van der Waals surface area (Å²) in [4.78, 5) is 20.9. The summed E-state index contributed by atoms with van der Waals surface area (Å²) >= 11 is 6.35. The van der Waals surface area contributed by atoms with Crippen molar-refractivity contribution < 1.29 is 9.47 Å². The SMILES string of the molecule is COc1ccc2nc(Br)sc2n1.COc1ccc2nc(N(C)C)sc2n1. The Hall–Kier alpha value is -2.04. The summed E-state index contributed by atoms with van der Waals surface area (Å²) in [5.74, 6) is 1.25. The van der Waals surface area contributed by atoms with Crippen LogP contribution in [0.3, 0.4) is 0 Å². The minimum absolute atomic E-state index is 0.624. The molecule has 0 amide bonds. The first kappa shape index (κ1) is 18.7. The zero-order valence-electron chi connectivity index (χ0n) is 14.6. The van der Waals surface area contributed by atoms with Crippen molar-refractivity contribution in [3.8, 4) is 11.8 Å². The summed E-state index contributed by atoms with van der Waals surface area (Å²) in [6.07, 6.45) is 0. The number of pyridine rings is 2. The molecule has 0 N–H and O–H groups in total. The third-order valence-electron chi connectivity index (χ3n) is 3.22. The van der Waals surface area contributed by atoms with Crippen molar-refractivity contribution in [2.24, 2.45) is 0 Å². The van der Waals surface area contributed by atoms with Crippen molar-refractivity contribution in [2.45, 2.75) is 0 Å². The van der Waals surface area contributed by atoms with Gasteiger partial charge in [0, 0.05) is 26.2 Å². The zero-order chi connectivity index (χ0) is 18.7. The van der Waals surface area contributed by atoms with Crippen molar-refractivity contribution >= 4 is 64.4 Å². The predicted octanol–water partition coefficient (Wildman–Crippen LogP) is 4.23. The van der Waals surface area contributed by atoms with Crippen LogP contribution in [-0.2, 0) is 0 Å². The summed E-state index contributed by atoms with van der Waals surface area (Å²) < 4.78 is 10.9. The summed E-state index contributed by atoms with van der Waals surface area (Å²) in [7, 11) is 7.15. The van der Waals surface area contributed by atoms with E-state index >= 15 is 0 Å². The number of anilines is 1. The molecule has 0 saturated carbocycles. The number of thiazole rings is 2. The Bertz CT molecular complexity index is 1030. The van der Waals surface area contributed by atoms with Crippen LogP contribution in [0.15, 0.2) is 28.2 Å². The molecule has 0 saturated heterocycles. The van der Waals surface area contributed by atoms with Crippen LogP contribution in [0.25, 0.3) is 20.7 Å². The molecule has 0 unspecified atom stereocenters. The van der Waals surface area contributed by atoms with Crippen LogP contribution in [0.4, 0.5) is 5.13 Å². The monoisotopic (exact) mass is 453 g/mol. The van der Waals surface area contributed by atoms with Gasteiger partial charge in [-0.2, -0.15) is 0 Å². The smallest absolute Gasteiger partial charge is 0.214 e. The Morgan fingerprint density at radius 2 is 1.35 bits per heavy atom. The third-order valence-corrected chi connectivity index (χ3v) is 5.77.